The molecule has 0 atom stereocenters. The number of hydrogen-bond donors (Lipinski definition) is 2. The number of nitrogens with two attached hydrogens (primary N) is 1. The van der Waals surface area contributed by atoms with Crippen molar-refractivity contribution in [3.8, 4) is 5.75 Å². The first-order valence-corrected chi connectivity index (χ1v) is 7.40. The number of rotatable bonds is 4. The van der Waals surface area contributed by atoms with Gasteiger partial charge in [-0.2, -0.15) is 0 Å². The number of ether oxygens (including phenoxy) is 1. The summed E-state index contributed by atoms with van der Waals surface area (Å²) in [5, 5.41) is 4.58. The summed E-state index contributed by atoms with van der Waals surface area (Å²) in [6, 6.07) is 19.4. The molecule has 0 aliphatic heterocycles. The lowest BCUT2D eigenvalue weighted by atomic mass is 10.1. The molecule has 0 bridgehead atoms. The Morgan fingerprint density at radius 1 is 1.04 bits per heavy atom. The number of amides is 1. The van der Waals surface area contributed by atoms with Crippen molar-refractivity contribution in [1.82, 2.24) is 0 Å². The third-order valence-electron chi connectivity index (χ3n) is 3.58. The van der Waals surface area contributed by atoms with E-state index in [1.54, 1.807) is 6.07 Å². The van der Waals surface area contributed by atoms with Gasteiger partial charge in [-0.15, -0.1) is 0 Å². The minimum atomic E-state index is -0.153. The van der Waals surface area contributed by atoms with Crippen LogP contribution in [0.1, 0.15) is 12.5 Å². The molecule has 3 aromatic rings. The molecule has 0 aliphatic carbocycles. The summed E-state index contributed by atoms with van der Waals surface area (Å²) < 4.78 is 5.95. The Hall–Kier alpha value is -3.01. The van der Waals surface area contributed by atoms with Crippen LogP contribution in [-0.2, 0) is 11.4 Å². The first-order chi connectivity index (χ1) is 11.1. The monoisotopic (exact) mass is 306 g/mol. The van der Waals surface area contributed by atoms with Crippen LogP contribution in [0.2, 0.25) is 0 Å². The maximum absolute atomic E-state index is 11.4. The normalized spacial score (nSPS) is 10.5. The van der Waals surface area contributed by atoms with E-state index < -0.39 is 0 Å². The van der Waals surface area contributed by atoms with Crippen molar-refractivity contribution in [3.63, 3.8) is 0 Å². The molecule has 0 radical (unpaired) electrons. The van der Waals surface area contributed by atoms with Crippen LogP contribution in [0.4, 0.5) is 11.4 Å². The summed E-state index contributed by atoms with van der Waals surface area (Å²) in [5.74, 6) is 0.552. The Morgan fingerprint density at radius 3 is 2.39 bits per heavy atom. The highest BCUT2D eigenvalue weighted by Crippen LogP contribution is 2.37. The summed E-state index contributed by atoms with van der Waals surface area (Å²) in [5.41, 5.74) is 8.31. The number of nitrogens with one attached hydrogen (secondary N) is 1. The van der Waals surface area contributed by atoms with Gasteiger partial charge >= 0.3 is 0 Å². The Morgan fingerprint density at radius 2 is 1.70 bits per heavy atom. The van der Waals surface area contributed by atoms with Crippen molar-refractivity contribution in [1.29, 1.82) is 0 Å². The van der Waals surface area contributed by atoms with Gasteiger partial charge in [-0.3, -0.25) is 4.79 Å². The molecule has 3 N–H and O–H groups in total. The van der Waals surface area contributed by atoms with Crippen LogP contribution in [0.25, 0.3) is 10.8 Å². The van der Waals surface area contributed by atoms with Crippen LogP contribution in [0.3, 0.4) is 0 Å². The molecule has 3 aromatic carbocycles. The standard InChI is InChI=1S/C19H18N2O2/c1-13(22)21-19-16-10-6-5-9-15(16)18(11-17(19)20)23-12-14-7-3-2-4-8-14/h2-11H,12,20H2,1H3,(H,21,22). The van der Waals surface area contributed by atoms with E-state index in [1.807, 2.05) is 54.6 Å². The highest BCUT2D eigenvalue weighted by molar-refractivity contribution is 6.08. The lowest BCUT2D eigenvalue weighted by molar-refractivity contribution is -0.114. The number of nitrogen functional groups attached to an aromatic ring is 1. The SMILES string of the molecule is CC(=O)Nc1c(N)cc(OCc2ccccc2)c2ccccc12. The number of anilines is 2. The van der Waals surface area contributed by atoms with E-state index in [0.29, 0.717) is 23.7 Å². The van der Waals surface area contributed by atoms with Gasteiger partial charge in [-0.25, -0.2) is 0 Å². The number of hydrogen-bond acceptors (Lipinski definition) is 3. The highest BCUT2D eigenvalue weighted by atomic mass is 16.5. The zero-order valence-corrected chi connectivity index (χ0v) is 12.9. The van der Waals surface area contributed by atoms with Gasteiger partial charge in [0.05, 0.1) is 11.4 Å². The van der Waals surface area contributed by atoms with Gasteiger partial charge in [0.15, 0.2) is 0 Å². The largest absolute Gasteiger partial charge is 0.488 e. The van der Waals surface area contributed by atoms with Gasteiger partial charge in [-0.1, -0.05) is 54.6 Å². The number of benzene rings is 3. The van der Waals surface area contributed by atoms with Crippen molar-refractivity contribution < 1.29 is 9.53 Å². The van der Waals surface area contributed by atoms with Crippen molar-refractivity contribution >= 4 is 28.1 Å². The molecule has 0 heterocycles. The van der Waals surface area contributed by atoms with Crippen LogP contribution < -0.4 is 15.8 Å². The van der Waals surface area contributed by atoms with Gasteiger partial charge in [0.25, 0.3) is 0 Å². The Balaban J connectivity index is 1.99. The van der Waals surface area contributed by atoms with Crippen LogP contribution in [0.5, 0.6) is 5.75 Å². The molecule has 4 heteroatoms. The predicted molar refractivity (Wildman–Crippen MR) is 93.4 cm³/mol. The zero-order valence-electron chi connectivity index (χ0n) is 12.9. The summed E-state index contributed by atoms with van der Waals surface area (Å²) in [6.45, 7) is 1.93. The van der Waals surface area contributed by atoms with Crippen LogP contribution >= 0.6 is 0 Å². The molecular formula is C19H18N2O2. The first kappa shape index (κ1) is 14.9. The van der Waals surface area contributed by atoms with Crippen LogP contribution in [-0.4, -0.2) is 5.91 Å². The van der Waals surface area contributed by atoms with E-state index in [-0.39, 0.29) is 5.91 Å². The Bertz CT molecular complexity index is 845. The quantitative estimate of drug-likeness (QED) is 0.717. The Labute approximate surface area is 134 Å². The van der Waals surface area contributed by atoms with Gasteiger partial charge in [0.1, 0.15) is 12.4 Å². The molecule has 0 aliphatic rings. The van der Waals surface area contributed by atoms with Crippen molar-refractivity contribution in [3.05, 3.63) is 66.2 Å². The van der Waals surface area contributed by atoms with E-state index in [1.165, 1.54) is 6.92 Å². The number of fused-ring (bicyclic) bond motifs is 1. The van der Waals surface area contributed by atoms with Gasteiger partial charge in [0, 0.05) is 23.8 Å². The average Bonchev–Trinajstić information content (AvgIpc) is 2.56. The Kier molecular flexibility index (Phi) is 4.15. The smallest absolute Gasteiger partial charge is 0.221 e. The number of carbonyl (C=O) groups is 1. The van der Waals surface area contributed by atoms with Crippen molar-refractivity contribution in [2.24, 2.45) is 0 Å². The topological polar surface area (TPSA) is 64.4 Å². The molecule has 4 nitrogen and oxygen atoms in total. The fraction of sp³-hybridized carbons (Fsp3) is 0.105. The summed E-state index contributed by atoms with van der Waals surface area (Å²) in [7, 11) is 0. The van der Waals surface area contributed by atoms with Gasteiger partial charge < -0.3 is 15.8 Å². The van der Waals surface area contributed by atoms with E-state index in [9.17, 15) is 4.79 Å². The van der Waals surface area contributed by atoms with Gasteiger partial charge in [-0.05, 0) is 5.56 Å². The van der Waals surface area contributed by atoms with Crippen molar-refractivity contribution in [2.75, 3.05) is 11.1 Å². The van der Waals surface area contributed by atoms with E-state index in [2.05, 4.69) is 5.32 Å². The molecule has 23 heavy (non-hydrogen) atoms. The summed E-state index contributed by atoms with van der Waals surface area (Å²) in [6.07, 6.45) is 0. The fourth-order valence-corrected chi connectivity index (χ4v) is 2.53. The van der Waals surface area contributed by atoms with E-state index >= 15 is 0 Å². The van der Waals surface area contributed by atoms with Crippen LogP contribution in [0.15, 0.2) is 60.7 Å². The summed E-state index contributed by atoms with van der Waals surface area (Å²) in [4.78, 5) is 11.4. The molecule has 3 rings (SSSR count). The third-order valence-corrected chi connectivity index (χ3v) is 3.58. The minimum absolute atomic E-state index is 0.153. The van der Waals surface area contributed by atoms with Gasteiger partial charge in [0.2, 0.25) is 5.91 Å². The maximum Gasteiger partial charge on any atom is 0.221 e. The molecular weight excluding hydrogens is 288 g/mol. The summed E-state index contributed by atoms with van der Waals surface area (Å²) >= 11 is 0. The third kappa shape index (κ3) is 3.26. The average molecular weight is 306 g/mol. The van der Waals surface area contributed by atoms with Crippen LogP contribution in [0, 0.1) is 0 Å². The first-order valence-electron chi connectivity index (χ1n) is 7.40. The zero-order chi connectivity index (χ0) is 16.2. The number of carbonyl (C=O) groups excluding carboxylic acids is 1. The second kappa shape index (κ2) is 6.40. The molecule has 0 saturated heterocycles. The fourth-order valence-electron chi connectivity index (χ4n) is 2.53. The predicted octanol–water partition coefficient (Wildman–Crippen LogP) is 3.96. The molecule has 0 spiro atoms. The molecule has 0 unspecified atom stereocenters. The minimum Gasteiger partial charge on any atom is -0.488 e. The lowest BCUT2D eigenvalue weighted by Gasteiger charge is -2.15. The van der Waals surface area contributed by atoms with Crippen molar-refractivity contribution in [2.45, 2.75) is 13.5 Å². The molecule has 1 amide bonds. The second-order valence-electron chi connectivity index (χ2n) is 5.34. The molecule has 116 valence electrons. The molecule has 0 fully saturated rings. The molecule has 0 aromatic heterocycles. The second-order valence-corrected chi connectivity index (χ2v) is 5.34. The lowest BCUT2D eigenvalue weighted by Crippen LogP contribution is -2.09. The maximum atomic E-state index is 11.4. The molecule has 0 saturated carbocycles. The highest BCUT2D eigenvalue weighted by Gasteiger charge is 2.12. The van der Waals surface area contributed by atoms with E-state index in [4.69, 9.17) is 10.5 Å². The van der Waals surface area contributed by atoms with E-state index in [0.717, 1.165) is 16.3 Å².